The van der Waals surface area contributed by atoms with Gasteiger partial charge in [0.2, 0.25) is 5.95 Å². The summed E-state index contributed by atoms with van der Waals surface area (Å²) < 4.78 is 43.3. The topological polar surface area (TPSA) is 85.6 Å². The highest BCUT2D eigenvalue weighted by Gasteiger charge is 2.31. The lowest BCUT2D eigenvalue weighted by Gasteiger charge is -2.20. The molecule has 0 aliphatic heterocycles. The predicted molar refractivity (Wildman–Crippen MR) is 131 cm³/mol. The zero-order chi connectivity index (χ0) is 25.9. The van der Waals surface area contributed by atoms with Crippen molar-refractivity contribution in [2.75, 3.05) is 5.32 Å². The molecular formula is C25H20ClF3N4O3. The van der Waals surface area contributed by atoms with E-state index in [1.54, 1.807) is 6.07 Å². The van der Waals surface area contributed by atoms with Gasteiger partial charge in [-0.15, -0.1) is 18.1 Å². The second-order valence-electron chi connectivity index (χ2n) is 8.01. The molecule has 4 aromatic rings. The van der Waals surface area contributed by atoms with E-state index in [1.165, 1.54) is 24.3 Å². The number of aromatic nitrogens is 2. The predicted octanol–water partition coefficient (Wildman–Crippen LogP) is 7.17. The van der Waals surface area contributed by atoms with Crippen LogP contribution in [-0.4, -0.2) is 21.8 Å². The number of fused-ring (bicyclic) bond motifs is 1. The Bertz CT molecular complexity index is 1400. The first-order chi connectivity index (χ1) is 17.1. The van der Waals surface area contributed by atoms with E-state index < -0.39 is 12.3 Å². The molecule has 186 valence electrons. The number of hydrogen-bond donors (Lipinski definition) is 1. The molecule has 0 spiro atoms. The molecule has 11 heteroatoms. The molecule has 1 atom stereocenters. The first-order valence-electron chi connectivity index (χ1n) is 10.9. The Kier molecular flexibility index (Phi) is 7.25. The van der Waals surface area contributed by atoms with E-state index in [0.717, 1.165) is 16.6 Å². The largest absolute Gasteiger partial charge is 0.573 e. The normalized spacial score (nSPS) is 12.4. The molecule has 7 nitrogen and oxygen atoms in total. The van der Waals surface area contributed by atoms with Crippen molar-refractivity contribution in [3.05, 3.63) is 87.8 Å². The maximum absolute atomic E-state index is 12.5. The molecule has 4 rings (SSSR count). The number of ether oxygens (including phenoxy) is 1. The standard InChI is InChI=1S/C25H20ClF3N4O3/c1-15(19-4-2-3-5-20(19)26)33-22-12-6-16(7-13-23(34)32-35)14-21(22)31-24(33)30-17-8-10-18(11-9-17)36-25(27,28)29/h2-6,8-12,14-15H,7,13H2,1H3,(H,30,31)/t15-/m1/s1. The van der Waals surface area contributed by atoms with Crippen LogP contribution >= 0.6 is 11.6 Å². The number of halogens is 4. The zero-order valence-corrected chi connectivity index (χ0v) is 19.7. The Morgan fingerprint density at radius 1 is 1.14 bits per heavy atom. The Balaban J connectivity index is 1.72. The fourth-order valence-electron chi connectivity index (χ4n) is 3.90. The maximum atomic E-state index is 12.5. The fraction of sp³-hybridized carbons (Fsp3) is 0.200. The highest BCUT2D eigenvalue weighted by atomic mass is 35.5. The quantitative estimate of drug-likeness (QED) is 0.251. The third kappa shape index (κ3) is 5.83. The molecule has 1 aromatic heterocycles. The van der Waals surface area contributed by atoms with Gasteiger partial charge >= 0.3 is 6.36 Å². The number of anilines is 2. The number of nitrogens with zero attached hydrogens (tertiary/aromatic N) is 3. The van der Waals surface area contributed by atoms with Crippen molar-refractivity contribution in [2.24, 2.45) is 5.18 Å². The number of alkyl halides is 3. The Morgan fingerprint density at radius 2 is 1.86 bits per heavy atom. The molecule has 1 N–H and O–H groups in total. The molecule has 3 aromatic carbocycles. The molecule has 0 unspecified atom stereocenters. The SMILES string of the molecule is C[C@H](c1ccccc1Cl)n1c(Nc2ccc(OC(F)(F)F)cc2)nc2cc(CCC(=O)N=O)ccc21. The van der Waals surface area contributed by atoms with Crippen LogP contribution in [-0.2, 0) is 11.2 Å². The van der Waals surface area contributed by atoms with Crippen molar-refractivity contribution < 1.29 is 22.7 Å². The van der Waals surface area contributed by atoms with Crippen LogP contribution in [0.25, 0.3) is 11.0 Å². The monoisotopic (exact) mass is 516 g/mol. The van der Waals surface area contributed by atoms with Gasteiger partial charge in [0.1, 0.15) is 5.75 Å². The van der Waals surface area contributed by atoms with E-state index in [9.17, 15) is 22.9 Å². The highest BCUT2D eigenvalue weighted by molar-refractivity contribution is 6.31. The molecule has 1 heterocycles. The smallest absolute Gasteiger partial charge is 0.406 e. The van der Waals surface area contributed by atoms with Crippen molar-refractivity contribution in [3.63, 3.8) is 0 Å². The number of nitroso groups, excluding NO2 is 1. The summed E-state index contributed by atoms with van der Waals surface area (Å²) in [5.74, 6) is -0.632. The van der Waals surface area contributed by atoms with Gasteiger partial charge in [0.25, 0.3) is 5.91 Å². The first-order valence-corrected chi connectivity index (χ1v) is 11.3. The van der Waals surface area contributed by atoms with Crippen molar-refractivity contribution in [2.45, 2.75) is 32.2 Å². The maximum Gasteiger partial charge on any atom is 0.573 e. The number of nitrogens with one attached hydrogen (secondary N) is 1. The molecule has 0 aliphatic rings. The van der Waals surface area contributed by atoms with Crippen LogP contribution in [0.2, 0.25) is 5.02 Å². The number of hydrogen-bond acceptors (Lipinski definition) is 5. The Labute approximate surface area is 208 Å². The molecule has 0 bridgehead atoms. The Morgan fingerprint density at radius 3 is 2.53 bits per heavy atom. The number of amides is 1. The molecule has 1 amide bonds. The van der Waals surface area contributed by atoms with Gasteiger partial charge in [-0.05, 0) is 66.9 Å². The van der Waals surface area contributed by atoms with Crippen molar-refractivity contribution in [3.8, 4) is 5.75 Å². The van der Waals surface area contributed by atoms with Gasteiger partial charge in [0.05, 0.1) is 17.1 Å². The molecule has 0 radical (unpaired) electrons. The summed E-state index contributed by atoms with van der Waals surface area (Å²) >= 11 is 6.45. The van der Waals surface area contributed by atoms with Gasteiger partial charge in [-0.25, -0.2) is 4.98 Å². The van der Waals surface area contributed by atoms with Crippen LogP contribution < -0.4 is 10.1 Å². The number of imidazole rings is 1. The van der Waals surface area contributed by atoms with E-state index in [4.69, 9.17) is 16.6 Å². The summed E-state index contributed by atoms with van der Waals surface area (Å²) in [5.41, 5.74) is 3.54. The summed E-state index contributed by atoms with van der Waals surface area (Å²) in [6.07, 6.45) is -4.46. The van der Waals surface area contributed by atoms with Gasteiger partial charge in [-0.3, -0.25) is 4.79 Å². The van der Waals surface area contributed by atoms with Crippen LogP contribution in [0.4, 0.5) is 24.8 Å². The molecule has 0 aliphatic carbocycles. The average Bonchev–Trinajstić information content (AvgIpc) is 3.19. The van der Waals surface area contributed by atoms with E-state index in [2.05, 4.69) is 15.2 Å². The summed E-state index contributed by atoms with van der Waals surface area (Å²) in [4.78, 5) is 26.4. The summed E-state index contributed by atoms with van der Waals surface area (Å²) in [6.45, 7) is 1.95. The number of carbonyl (C=O) groups is 1. The molecule has 0 saturated heterocycles. The van der Waals surface area contributed by atoms with Crippen molar-refractivity contribution >= 4 is 40.2 Å². The lowest BCUT2D eigenvalue weighted by molar-refractivity contribution is -0.274. The summed E-state index contributed by atoms with van der Waals surface area (Å²) in [7, 11) is 0. The van der Waals surface area contributed by atoms with Gasteiger partial charge in [0.15, 0.2) is 0 Å². The van der Waals surface area contributed by atoms with Gasteiger partial charge in [0, 0.05) is 22.3 Å². The minimum absolute atomic E-state index is 0.0107. The number of aryl methyl sites for hydroxylation is 1. The van der Waals surface area contributed by atoms with E-state index in [1.807, 2.05) is 47.9 Å². The summed E-state index contributed by atoms with van der Waals surface area (Å²) in [5, 5.41) is 6.15. The Hall–Kier alpha value is -3.92. The zero-order valence-electron chi connectivity index (χ0n) is 18.9. The van der Waals surface area contributed by atoms with Crippen molar-refractivity contribution in [1.82, 2.24) is 9.55 Å². The van der Waals surface area contributed by atoms with Crippen LogP contribution in [0.1, 0.15) is 30.5 Å². The van der Waals surface area contributed by atoms with Gasteiger partial charge in [-0.1, -0.05) is 35.9 Å². The van der Waals surface area contributed by atoms with Crippen LogP contribution in [0, 0.1) is 4.91 Å². The molecule has 0 saturated carbocycles. The second kappa shape index (κ2) is 10.4. The van der Waals surface area contributed by atoms with Gasteiger partial charge in [-0.2, -0.15) is 0 Å². The van der Waals surface area contributed by atoms with E-state index in [0.29, 0.717) is 28.6 Å². The average molecular weight is 517 g/mol. The van der Waals surface area contributed by atoms with Crippen LogP contribution in [0.3, 0.4) is 0 Å². The first kappa shape index (κ1) is 25.2. The third-order valence-electron chi connectivity index (χ3n) is 5.57. The third-order valence-corrected chi connectivity index (χ3v) is 5.91. The fourth-order valence-corrected chi connectivity index (χ4v) is 4.19. The minimum Gasteiger partial charge on any atom is -0.406 e. The summed E-state index contributed by atoms with van der Waals surface area (Å²) in [6, 6.07) is 18.0. The van der Waals surface area contributed by atoms with E-state index >= 15 is 0 Å². The lowest BCUT2D eigenvalue weighted by atomic mass is 10.1. The number of carbonyl (C=O) groups excluding carboxylic acids is 1. The highest BCUT2D eigenvalue weighted by Crippen LogP contribution is 2.34. The lowest BCUT2D eigenvalue weighted by Crippen LogP contribution is -2.17. The second-order valence-corrected chi connectivity index (χ2v) is 8.42. The molecule has 36 heavy (non-hydrogen) atoms. The van der Waals surface area contributed by atoms with Gasteiger partial charge < -0.3 is 14.6 Å². The van der Waals surface area contributed by atoms with Crippen LogP contribution in [0.15, 0.2) is 71.9 Å². The van der Waals surface area contributed by atoms with E-state index in [-0.39, 0.29) is 18.2 Å². The van der Waals surface area contributed by atoms with Crippen molar-refractivity contribution in [1.29, 1.82) is 0 Å². The minimum atomic E-state index is -4.78. The molecule has 0 fully saturated rings. The van der Waals surface area contributed by atoms with Crippen LogP contribution in [0.5, 0.6) is 5.75 Å². The molecular weight excluding hydrogens is 497 g/mol. The number of rotatable bonds is 8. The number of benzene rings is 3.